The lowest BCUT2D eigenvalue weighted by molar-refractivity contribution is 0.0692. The third-order valence-electron chi connectivity index (χ3n) is 3.01. The molecule has 0 saturated heterocycles. The molecule has 2 aromatic carbocycles. The number of aromatic carboxylic acids is 1. The van der Waals surface area contributed by atoms with Crippen LogP contribution in [-0.4, -0.2) is 11.1 Å². The van der Waals surface area contributed by atoms with Gasteiger partial charge in [-0.1, -0.05) is 33.6 Å². The Kier molecular flexibility index (Phi) is 4.85. The Bertz CT molecular complexity index is 693. The first-order chi connectivity index (χ1) is 9.88. The third-order valence-corrected chi connectivity index (χ3v) is 3.83. The smallest absolute Gasteiger partial charge is 0.338 e. The summed E-state index contributed by atoms with van der Waals surface area (Å²) in [6.07, 6.45) is 0. The van der Waals surface area contributed by atoms with Gasteiger partial charge in [-0.2, -0.15) is 0 Å². The van der Waals surface area contributed by atoms with Gasteiger partial charge in [0, 0.05) is 21.2 Å². The van der Waals surface area contributed by atoms with E-state index < -0.39 is 11.8 Å². The molecule has 2 N–H and O–H groups in total. The first-order valence-corrected chi connectivity index (χ1v) is 7.30. The highest BCUT2D eigenvalue weighted by Crippen LogP contribution is 2.29. The normalized spacial score (nSPS) is 12.0. The molecule has 3 nitrogen and oxygen atoms in total. The maximum atomic E-state index is 13.4. The fourth-order valence-corrected chi connectivity index (χ4v) is 2.80. The number of hydrogen-bond donors (Lipinski definition) is 2. The van der Waals surface area contributed by atoms with E-state index in [2.05, 4.69) is 21.2 Å². The molecule has 0 aliphatic carbocycles. The van der Waals surface area contributed by atoms with Gasteiger partial charge in [0.1, 0.15) is 5.82 Å². The Labute approximate surface area is 134 Å². The van der Waals surface area contributed by atoms with E-state index in [1.165, 1.54) is 12.1 Å². The molecular formula is C15H12BrClFNO2. The first kappa shape index (κ1) is 15.8. The van der Waals surface area contributed by atoms with Crippen LogP contribution in [0.4, 0.5) is 10.1 Å². The van der Waals surface area contributed by atoms with E-state index in [4.69, 9.17) is 16.7 Å². The molecule has 1 unspecified atom stereocenters. The molecule has 2 aromatic rings. The number of halogens is 3. The molecule has 0 heterocycles. The van der Waals surface area contributed by atoms with Crippen molar-refractivity contribution in [1.29, 1.82) is 0 Å². The number of carbonyl (C=O) groups is 1. The molecule has 0 fully saturated rings. The molecule has 0 amide bonds. The molecule has 0 aliphatic rings. The second kappa shape index (κ2) is 6.45. The Morgan fingerprint density at radius 2 is 2.05 bits per heavy atom. The molecule has 6 heteroatoms. The van der Waals surface area contributed by atoms with Crippen LogP contribution in [-0.2, 0) is 0 Å². The van der Waals surface area contributed by atoms with Crippen molar-refractivity contribution in [2.45, 2.75) is 13.0 Å². The Morgan fingerprint density at radius 1 is 1.33 bits per heavy atom. The van der Waals surface area contributed by atoms with Gasteiger partial charge in [0.2, 0.25) is 0 Å². The van der Waals surface area contributed by atoms with E-state index in [0.717, 1.165) is 16.1 Å². The Morgan fingerprint density at radius 3 is 2.67 bits per heavy atom. The first-order valence-electron chi connectivity index (χ1n) is 6.13. The van der Waals surface area contributed by atoms with Crippen molar-refractivity contribution in [3.63, 3.8) is 0 Å². The average molecular weight is 373 g/mol. The molecule has 1 atom stereocenters. The van der Waals surface area contributed by atoms with E-state index >= 15 is 0 Å². The van der Waals surface area contributed by atoms with Gasteiger partial charge in [0.15, 0.2) is 0 Å². The number of nitrogens with one attached hydrogen (secondary N) is 1. The highest BCUT2D eigenvalue weighted by molar-refractivity contribution is 9.10. The van der Waals surface area contributed by atoms with Crippen LogP contribution in [0.15, 0.2) is 40.9 Å². The van der Waals surface area contributed by atoms with E-state index in [-0.39, 0.29) is 11.6 Å². The number of carboxylic acid groups (broad SMARTS) is 1. The fourth-order valence-electron chi connectivity index (χ4n) is 1.96. The van der Waals surface area contributed by atoms with Crippen molar-refractivity contribution in [2.75, 3.05) is 5.32 Å². The molecule has 21 heavy (non-hydrogen) atoms. The van der Waals surface area contributed by atoms with E-state index in [0.29, 0.717) is 10.7 Å². The van der Waals surface area contributed by atoms with Crippen molar-refractivity contribution in [3.05, 3.63) is 62.8 Å². The summed E-state index contributed by atoms with van der Waals surface area (Å²) in [5, 5.41) is 12.6. The minimum absolute atomic E-state index is 0.155. The molecule has 0 radical (unpaired) electrons. The van der Waals surface area contributed by atoms with Gasteiger partial charge in [-0.25, -0.2) is 9.18 Å². The lowest BCUT2D eigenvalue weighted by atomic mass is 10.1. The topological polar surface area (TPSA) is 49.3 Å². The molecule has 110 valence electrons. The number of benzene rings is 2. The monoisotopic (exact) mass is 371 g/mol. The number of hydrogen-bond acceptors (Lipinski definition) is 2. The summed E-state index contributed by atoms with van der Waals surface area (Å²) in [5.41, 5.74) is 1.01. The highest BCUT2D eigenvalue weighted by Gasteiger charge is 2.14. The van der Waals surface area contributed by atoms with Gasteiger partial charge in [0.05, 0.1) is 5.56 Å². The van der Waals surface area contributed by atoms with Crippen molar-refractivity contribution < 1.29 is 14.3 Å². The van der Waals surface area contributed by atoms with E-state index in [1.807, 2.05) is 19.1 Å². The summed E-state index contributed by atoms with van der Waals surface area (Å²) in [6, 6.07) is 9.24. The minimum Gasteiger partial charge on any atom is -0.478 e. The quantitative estimate of drug-likeness (QED) is 0.784. The SMILES string of the molecule is CC(Nc1ccc(F)c(C(=O)O)c1)c1ccc(Br)cc1Cl. The van der Waals surface area contributed by atoms with Gasteiger partial charge >= 0.3 is 5.97 Å². The summed E-state index contributed by atoms with van der Waals surface area (Å²) in [6.45, 7) is 1.89. The summed E-state index contributed by atoms with van der Waals surface area (Å²) in [4.78, 5) is 10.9. The lowest BCUT2D eigenvalue weighted by Gasteiger charge is -2.17. The summed E-state index contributed by atoms with van der Waals surface area (Å²) >= 11 is 9.51. The van der Waals surface area contributed by atoms with Crippen molar-refractivity contribution in [1.82, 2.24) is 0 Å². The second-order valence-electron chi connectivity index (χ2n) is 4.53. The third kappa shape index (κ3) is 3.74. The zero-order valence-electron chi connectivity index (χ0n) is 11.0. The molecule has 0 aromatic heterocycles. The van der Waals surface area contributed by atoms with E-state index in [1.54, 1.807) is 6.07 Å². The van der Waals surface area contributed by atoms with Gasteiger partial charge in [-0.05, 0) is 42.8 Å². The van der Waals surface area contributed by atoms with Crippen LogP contribution in [0.1, 0.15) is 28.9 Å². The van der Waals surface area contributed by atoms with Gasteiger partial charge < -0.3 is 10.4 Å². The van der Waals surface area contributed by atoms with E-state index in [9.17, 15) is 9.18 Å². The molecular weight excluding hydrogens is 361 g/mol. The van der Waals surface area contributed by atoms with Crippen LogP contribution in [0, 0.1) is 5.82 Å². The van der Waals surface area contributed by atoms with Crippen LogP contribution in [0.25, 0.3) is 0 Å². The predicted molar refractivity (Wildman–Crippen MR) is 84.5 cm³/mol. The van der Waals surface area contributed by atoms with Crippen LogP contribution in [0.3, 0.4) is 0 Å². The summed E-state index contributed by atoms with van der Waals surface area (Å²) in [5.74, 6) is -2.06. The molecule has 2 rings (SSSR count). The Hall–Kier alpha value is -1.59. The Balaban J connectivity index is 2.25. The molecule has 0 saturated carbocycles. The maximum absolute atomic E-state index is 13.4. The van der Waals surface area contributed by atoms with Crippen LogP contribution in [0.2, 0.25) is 5.02 Å². The number of rotatable bonds is 4. The lowest BCUT2D eigenvalue weighted by Crippen LogP contribution is -2.09. The van der Waals surface area contributed by atoms with Crippen LogP contribution in [0.5, 0.6) is 0 Å². The average Bonchev–Trinajstić information content (AvgIpc) is 2.40. The minimum atomic E-state index is -1.30. The van der Waals surface area contributed by atoms with Gasteiger partial charge in [-0.15, -0.1) is 0 Å². The zero-order valence-corrected chi connectivity index (χ0v) is 13.4. The van der Waals surface area contributed by atoms with Crippen molar-refractivity contribution in [2.24, 2.45) is 0 Å². The van der Waals surface area contributed by atoms with Crippen molar-refractivity contribution in [3.8, 4) is 0 Å². The zero-order chi connectivity index (χ0) is 15.6. The van der Waals surface area contributed by atoms with Crippen LogP contribution < -0.4 is 5.32 Å². The number of carboxylic acids is 1. The van der Waals surface area contributed by atoms with Crippen LogP contribution >= 0.6 is 27.5 Å². The largest absolute Gasteiger partial charge is 0.478 e. The maximum Gasteiger partial charge on any atom is 0.338 e. The number of anilines is 1. The standard InChI is InChI=1S/C15H12BrClFNO2/c1-8(11-4-2-9(16)6-13(11)17)19-10-3-5-14(18)12(7-10)15(20)21/h2-8,19H,1H3,(H,20,21). The van der Waals surface area contributed by atoms with Crippen molar-refractivity contribution >= 4 is 39.2 Å². The van der Waals surface area contributed by atoms with Gasteiger partial charge in [0.25, 0.3) is 0 Å². The summed E-state index contributed by atoms with van der Waals surface area (Å²) < 4.78 is 14.2. The summed E-state index contributed by atoms with van der Waals surface area (Å²) in [7, 11) is 0. The van der Waals surface area contributed by atoms with Gasteiger partial charge in [-0.3, -0.25) is 0 Å². The molecule has 0 spiro atoms. The molecule has 0 bridgehead atoms. The highest BCUT2D eigenvalue weighted by atomic mass is 79.9. The molecule has 0 aliphatic heterocycles. The fraction of sp³-hybridized carbons (Fsp3) is 0.133. The second-order valence-corrected chi connectivity index (χ2v) is 5.85. The predicted octanol–water partition coefficient (Wildman–Crippen LogP) is 5.11.